The Morgan fingerprint density at radius 3 is 2.70 bits per heavy atom. The Morgan fingerprint density at radius 2 is 1.91 bits per heavy atom. The summed E-state index contributed by atoms with van der Waals surface area (Å²) in [6.07, 6.45) is 6.13. The van der Waals surface area contributed by atoms with E-state index in [0.29, 0.717) is 6.54 Å². The van der Waals surface area contributed by atoms with E-state index >= 15 is 0 Å². The van der Waals surface area contributed by atoms with Gasteiger partial charge in [0.2, 0.25) is 0 Å². The van der Waals surface area contributed by atoms with Gasteiger partial charge in [0.15, 0.2) is 0 Å². The Hall–Kier alpha value is -1.61. The Balaban J connectivity index is 1.74. The van der Waals surface area contributed by atoms with E-state index in [1.807, 2.05) is 11.9 Å². The van der Waals surface area contributed by atoms with E-state index in [2.05, 4.69) is 38.1 Å². The van der Waals surface area contributed by atoms with E-state index in [9.17, 15) is 4.79 Å². The topological polar surface area (TPSA) is 20.3 Å². The summed E-state index contributed by atoms with van der Waals surface area (Å²) < 4.78 is 0. The van der Waals surface area contributed by atoms with E-state index in [-0.39, 0.29) is 5.91 Å². The number of fused-ring (bicyclic) bond motifs is 1. The van der Waals surface area contributed by atoms with Crippen LogP contribution in [0.4, 0.5) is 0 Å². The molecule has 2 nitrogen and oxygen atoms in total. The highest BCUT2D eigenvalue weighted by molar-refractivity contribution is 7.14. The molecule has 1 aliphatic carbocycles. The maximum atomic E-state index is 12.8. The average molecular weight is 327 g/mol. The van der Waals surface area contributed by atoms with Crippen molar-refractivity contribution in [1.82, 2.24) is 4.90 Å². The number of rotatable bonds is 3. The van der Waals surface area contributed by atoms with Gasteiger partial charge in [-0.1, -0.05) is 30.2 Å². The van der Waals surface area contributed by atoms with E-state index in [0.717, 1.165) is 17.7 Å². The molecule has 1 aromatic carbocycles. The molecule has 0 unspecified atom stereocenters. The molecule has 0 aliphatic heterocycles. The summed E-state index contributed by atoms with van der Waals surface area (Å²) in [6, 6.07) is 8.58. The molecule has 0 N–H and O–H groups in total. The minimum absolute atomic E-state index is 0.156. The number of benzene rings is 1. The second-order valence-electron chi connectivity index (χ2n) is 6.71. The van der Waals surface area contributed by atoms with Crippen molar-refractivity contribution in [3.8, 4) is 0 Å². The molecule has 0 radical (unpaired) electrons. The molecule has 0 spiro atoms. The van der Waals surface area contributed by atoms with Crippen LogP contribution in [-0.2, 0) is 19.4 Å². The van der Waals surface area contributed by atoms with Crippen LogP contribution in [0.3, 0.4) is 0 Å². The normalized spacial score (nSPS) is 14.2. The van der Waals surface area contributed by atoms with Crippen LogP contribution in [0.15, 0.2) is 24.3 Å². The Morgan fingerprint density at radius 1 is 1.13 bits per heavy atom. The predicted molar refractivity (Wildman–Crippen MR) is 97.3 cm³/mol. The van der Waals surface area contributed by atoms with Gasteiger partial charge in [-0.05, 0) is 62.3 Å². The van der Waals surface area contributed by atoms with Crippen molar-refractivity contribution in [2.45, 2.75) is 52.5 Å². The van der Waals surface area contributed by atoms with Gasteiger partial charge in [-0.25, -0.2) is 0 Å². The van der Waals surface area contributed by atoms with Gasteiger partial charge in [-0.2, -0.15) is 0 Å². The first kappa shape index (κ1) is 16.3. The van der Waals surface area contributed by atoms with E-state index in [4.69, 9.17) is 0 Å². The summed E-state index contributed by atoms with van der Waals surface area (Å²) >= 11 is 1.71. The lowest BCUT2D eigenvalue weighted by molar-refractivity contribution is 0.0789. The minimum Gasteiger partial charge on any atom is -0.337 e. The van der Waals surface area contributed by atoms with Crippen LogP contribution in [-0.4, -0.2) is 17.9 Å². The fourth-order valence-electron chi connectivity index (χ4n) is 3.31. The first-order valence-corrected chi connectivity index (χ1v) is 9.29. The third-order valence-corrected chi connectivity index (χ3v) is 5.93. The van der Waals surface area contributed by atoms with Crippen LogP contribution in [0, 0.1) is 13.8 Å². The predicted octanol–water partition coefficient (Wildman–Crippen LogP) is 4.91. The van der Waals surface area contributed by atoms with Crippen molar-refractivity contribution in [2.24, 2.45) is 0 Å². The first-order valence-electron chi connectivity index (χ1n) is 8.48. The number of nitrogens with zero attached hydrogens (tertiary/aromatic N) is 1. The monoisotopic (exact) mass is 327 g/mol. The molecule has 3 heteroatoms. The molecule has 0 atom stereocenters. The summed E-state index contributed by atoms with van der Waals surface area (Å²) in [5, 5.41) is 0. The van der Waals surface area contributed by atoms with Gasteiger partial charge in [0.05, 0.1) is 4.88 Å². The number of amides is 1. The maximum absolute atomic E-state index is 12.8. The lowest BCUT2D eigenvalue weighted by Gasteiger charge is -2.18. The average Bonchev–Trinajstić information content (AvgIpc) is 2.80. The summed E-state index contributed by atoms with van der Waals surface area (Å²) in [5.41, 5.74) is 5.16. The summed E-state index contributed by atoms with van der Waals surface area (Å²) in [5.74, 6) is 0.156. The van der Waals surface area contributed by atoms with Crippen molar-refractivity contribution < 1.29 is 4.79 Å². The summed E-state index contributed by atoms with van der Waals surface area (Å²) in [4.78, 5) is 17.0. The molecule has 0 fully saturated rings. The Bertz CT molecular complexity index is 693. The van der Waals surface area contributed by atoms with Crippen molar-refractivity contribution in [3.63, 3.8) is 0 Å². The van der Waals surface area contributed by atoms with E-state index < -0.39 is 0 Å². The second kappa shape index (κ2) is 6.88. The lowest BCUT2D eigenvalue weighted by Crippen LogP contribution is -2.25. The third-order valence-electron chi connectivity index (χ3n) is 4.71. The molecule has 0 saturated carbocycles. The number of hydrogen-bond acceptors (Lipinski definition) is 2. The van der Waals surface area contributed by atoms with Crippen LogP contribution in [0.5, 0.6) is 0 Å². The van der Waals surface area contributed by atoms with Gasteiger partial charge in [0.25, 0.3) is 5.91 Å². The van der Waals surface area contributed by atoms with Gasteiger partial charge in [0, 0.05) is 18.5 Å². The summed E-state index contributed by atoms with van der Waals surface area (Å²) in [6.45, 7) is 4.89. The van der Waals surface area contributed by atoms with E-state index in [1.54, 1.807) is 11.3 Å². The molecular formula is C20H25NOS. The van der Waals surface area contributed by atoms with Gasteiger partial charge in [-0.15, -0.1) is 11.3 Å². The quantitative estimate of drug-likeness (QED) is 0.734. The number of carbonyl (C=O) groups excluding carboxylic acids is 1. The highest BCUT2D eigenvalue weighted by atomic mass is 32.1. The zero-order chi connectivity index (χ0) is 16.4. The molecule has 1 heterocycles. The number of hydrogen-bond donors (Lipinski definition) is 0. The zero-order valence-corrected chi connectivity index (χ0v) is 15.1. The highest BCUT2D eigenvalue weighted by Gasteiger charge is 2.19. The number of thiophene rings is 1. The molecule has 2 aromatic rings. The van der Waals surface area contributed by atoms with Crippen molar-refractivity contribution >= 4 is 17.2 Å². The molecule has 0 bridgehead atoms. The first-order chi connectivity index (χ1) is 11.0. The van der Waals surface area contributed by atoms with Gasteiger partial charge in [-0.3, -0.25) is 4.79 Å². The maximum Gasteiger partial charge on any atom is 0.263 e. The molecule has 122 valence electrons. The molecule has 1 aromatic heterocycles. The SMILES string of the molecule is Cc1ccc(CN(C)C(=O)c2cc3c(s2)CCCCC3)c(C)c1. The van der Waals surface area contributed by atoms with Crippen molar-refractivity contribution in [3.05, 3.63) is 56.3 Å². The molecular weight excluding hydrogens is 302 g/mol. The van der Waals surface area contributed by atoms with Crippen molar-refractivity contribution in [1.29, 1.82) is 0 Å². The molecule has 0 saturated heterocycles. The number of carbonyl (C=O) groups is 1. The smallest absolute Gasteiger partial charge is 0.263 e. The summed E-state index contributed by atoms with van der Waals surface area (Å²) in [7, 11) is 1.91. The van der Waals surface area contributed by atoms with Crippen LogP contribution in [0.1, 0.15) is 56.1 Å². The molecule has 3 rings (SSSR count). The number of aryl methyl sites for hydroxylation is 4. The van der Waals surface area contributed by atoms with Gasteiger partial charge >= 0.3 is 0 Å². The van der Waals surface area contributed by atoms with Crippen LogP contribution in [0.25, 0.3) is 0 Å². The Labute approximate surface area is 143 Å². The molecule has 23 heavy (non-hydrogen) atoms. The standard InChI is InChI=1S/C20H25NOS/c1-14-9-10-17(15(2)11-14)13-21(3)20(22)19-12-16-7-5-4-6-8-18(16)23-19/h9-12H,4-8,13H2,1-3H3. The third kappa shape index (κ3) is 3.66. The fourth-order valence-corrected chi connectivity index (χ4v) is 4.56. The Kier molecular flexibility index (Phi) is 4.86. The van der Waals surface area contributed by atoms with Gasteiger partial charge in [0.1, 0.15) is 0 Å². The second-order valence-corrected chi connectivity index (χ2v) is 7.85. The fraction of sp³-hybridized carbons (Fsp3) is 0.450. The van der Waals surface area contributed by atoms with Gasteiger partial charge < -0.3 is 4.90 Å². The van der Waals surface area contributed by atoms with E-state index in [1.165, 1.54) is 46.4 Å². The van der Waals surface area contributed by atoms with Crippen LogP contribution < -0.4 is 0 Å². The van der Waals surface area contributed by atoms with Crippen LogP contribution >= 0.6 is 11.3 Å². The zero-order valence-electron chi connectivity index (χ0n) is 14.3. The molecule has 1 amide bonds. The lowest BCUT2D eigenvalue weighted by atomic mass is 10.1. The largest absolute Gasteiger partial charge is 0.337 e. The van der Waals surface area contributed by atoms with Crippen molar-refractivity contribution in [2.75, 3.05) is 7.05 Å². The minimum atomic E-state index is 0.156. The molecule has 1 aliphatic rings. The van der Waals surface area contributed by atoms with Crippen LogP contribution in [0.2, 0.25) is 0 Å². The highest BCUT2D eigenvalue weighted by Crippen LogP contribution is 2.29.